The molecule has 0 heterocycles. The minimum Gasteiger partial charge on any atom is -0.457 e. The average molecular weight is 544 g/mol. The quantitative estimate of drug-likeness (QED) is 0.164. The van der Waals surface area contributed by atoms with Crippen molar-refractivity contribution in [2.75, 3.05) is 0 Å². The first kappa shape index (κ1) is 25.1. The van der Waals surface area contributed by atoms with Gasteiger partial charge in [-0.2, -0.15) is 0 Å². The van der Waals surface area contributed by atoms with Gasteiger partial charge in [-0.15, -0.1) is 0 Å². The number of hydrogen-bond donors (Lipinski definition) is 0. The van der Waals surface area contributed by atoms with E-state index in [1.807, 2.05) is 60.7 Å². The maximum Gasteiger partial charge on any atom is 0.222 e. The summed E-state index contributed by atoms with van der Waals surface area (Å²) in [5, 5.41) is -0.286. The van der Waals surface area contributed by atoms with Crippen molar-refractivity contribution in [1.82, 2.24) is 0 Å². The van der Waals surface area contributed by atoms with Crippen LogP contribution in [0.2, 0.25) is 0 Å². The van der Waals surface area contributed by atoms with Gasteiger partial charge in [-0.1, -0.05) is 82.8 Å². The molecule has 4 nitrogen and oxygen atoms in total. The van der Waals surface area contributed by atoms with Crippen molar-refractivity contribution in [2.45, 2.75) is 4.33 Å². The number of aliphatic imine (C=N–C) groups is 2. The highest BCUT2D eigenvalue weighted by Crippen LogP contribution is 2.34. The topological polar surface area (TPSA) is 43.2 Å². The molecule has 0 unspecified atom stereocenters. The van der Waals surface area contributed by atoms with E-state index >= 15 is 0 Å². The Balaban J connectivity index is 1.43. The van der Waals surface area contributed by atoms with Crippen LogP contribution in [0.4, 0.5) is 11.4 Å². The van der Waals surface area contributed by atoms with Gasteiger partial charge in [-0.05, 0) is 72.8 Å². The van der Waals surface area contributed by atoms with Gasteiger partial charge in [-0.25, -0.2) is 9.98 Å². The number of benzene rings is 4. The minimum atomic E-state index is -1.83. The predicted molar refractivity (Wildman–Crippen MR) is 146 cm³/mol. The molecule has 0 aliphatic rings. The van der Waals surface area contributed by atoms with E-state index in [4.69, 9.17) is 55.9 Å². The molecule has 4 rings (SSSR count). The first-order valence-corrected chi connectivity index (χ1v) is 11.9. The van der Waals surface area contributed by atoms with Gasteiger partial charge < -0.3 is 9.47 Å². The number of hydrogen-bond acceptors (Lipinski definition) is 4. The van der Waals surface area contributed by atoms with E-state index in [2.05, 4.69) is 9.98 Å². The molecule has 35 heavy (non-hydrogen) atoms. The number of alkyl halides is 2. The summed E-state index contributed by atoms with van der Waals surface area (Å²) in [6.07, 6.45) is 0. The third-order valence-electron chi connectivity index (χ3n) is 4.60. The van der Waals surface area contributed by atoms with E-state index in [1.54, 1.807) is 48.5 Å². The fraction of sp³-hybridized carbons (Fsp3) is 0.0370. The van der Waals surface area contributed by atoms with Crippen LogP contribution in [-0.4, -0.2) is 14.7 Å². The first-order valence-electron chi connectivity index (χ1n) is 10.4. The summed E-state index contributed by atoms with van der Waals surface area (Å²) >= 11 is 25.5. The summed E-state index contributed by atoms with van der Waals surface area (Å²) in [4.78, 5) is 8.56. The average Bonchev–Trinajstić information content (AvgIpc) is 2.87. The molecule has 4 aromatic carbocycles. The molecule has 0 atom stereocenters. The molecule has 0 aromatic heterocycles. The van der Waals surface area contributed by atoms with Gasteiger partial charge in [0.25, 0.3) is 0 Å². The summed E-state index contributed by atoms with van der Waals surface area (Å²) in [5.74, 6) is 2.75. The molecule has 8 heteroatoms. The Morgan fingerprint density at radius 1 is 0.486 bits per heavy atom. The Bertz CT molecular complexity index is 1210. The molecule has 0 bridgehead atoms. The fourth-order valence-corrected chi connectivity index (χ4v) is 3.47. The van der Waals surface area contributed by atoms with Crippen LogP contribution in [0.5, 0.6) is 23.0 Å². The molecule has 0 fully saturated rings. The highest BCUT2D eigenvalue weighted by Gasteiger charge is 2.36. The van der Waals surface area contributed by atoms with Crippen LogP contribution in [0.1, 0.15) is 0 Å². The van der Waals surface area contributed by atoms with E-state index in [1.165, 1.54) is 0 Å². The molecule has 0 amide bonds. The highest BCUT2D eigenvalue weighted by molar-refractivity contribution is 6.93. The van der Waals surface area contributed by atoms with Gasteiger partial charge in [0, 0.05) is 0 Å². The van der Waals surface area contributed by atoms with Crippen molar-refractivity contribution in [1.29, 1.82) is 0 Å². The molecule has 0 aliphatic heterocycles. The number of para-hydroxylation sites is 2. The van der Waals surface area contributed by atoms with Crippen LogP contribution >= 0.6 is 46.4 Å². The van der Waals surface area contributed by atoms with Crippen LogP contribution in [-0.2, 0) is 0 Å². The molecule has 176 valence electrons. The molecule has 0 radical (unpaired) electrons. The van der Waals surface area contributed by atoms with E-state index in [0.29, 0.717) is 22.9 Å². The highest BCUT2D eigenvalue weighted by atomic mass is 35.5. The summed E-state index contributed by atoms with van der Waals surface area (Å²) in [6.45, 7) is 0. The number of rotatable bonds is 8. The molecule has 0 N–H and O–H groups in total. The summed E-state index contributed by atoms with van der Waals surface area (Å²) in [7, 11) is 0. The van der Waals surface area contributed by atoms with Crippen LogP contribution in [0.3, 0.4) is 0 Å². The molecule has 4 aromatic rings. The Kier molecular flexibility index (Phi) is 8.32. The lowest BCUT2D eigenvalue weighted by Crippen LogP contribution is -2.28. The van der Waals surface area contributed by atoms with Crippen molar-refractivity contribution in [3.05, 3.63) is 109 Å². The molecule has 0 saturated heterocycles. The second-order valence-electron chi connectivity index (χ2n) is 7.20. The Labute approximate surface area is 223 Å². The molecular formula is C27H18Cl4N2O2. The van der Waals surface area contributed by atoms with Gasteiger partial charge in [-0.3, -0.25) is 0 Å². The molecular weight excluding hydrogens is 526 g/mol. The van der Waals surface area contributed by atoms with Crippen molar-refractivity contribution >= 4 is 68.1 Å². The zero-order valence-corrected chi connectivity index (χ0v) is 21.1. The Morgan fingerprint density at radius 2 is 0.800 bits per heavy atom. The van der Waals surface area contributed by atoms with E-state index < -0.39 is 4.33 Å². The maximum absolute atomic E-state index is 6.40. The monoisotopic (exact) mass is 542 g/mol. The standard InChI is InChI=1S/C27H18Cl4N2O2/c28-25(32-19-11-15-23(16-12-19)34-21-7-3-1-4-8-21)27(30,31)26(29)33-20-13-17-24(18-14-20)35-22-9-5-2-6-10-22/h1-18H. The third-order valence-corrected chi connectivity index (χ3v) is 6.44. The first-order chi connectivity index (χ1) is 16.9. The van der Waals surface area contributed by atoms with Crippen LogP contribution in [0.25, 0.3) is 0 Å². The summed E-state index contributed by atoms with van der Waals surface area (Å²) in [6, 6.07) is 32.8. The van der Waals surface area contributed by atoms with Gasteiger partial charge in [0.2, 0.25) is 4.33 Å². The SMILES string of the molecule is ClC(=Nc1ccc(Oc2ccccc2)cc1)C(Cl)(Cl)C(Cl)=Nc1ccc(Oc2ccccc2)cc1. The van der Waals surface area contributed by atoms with Crippen molar-refractivity contribution in [3.8, 4) is 23.0 Å². The summed E-state index contributed by atoms with van der Waals surface area (Å²) in [5.41, 5.74) is 1.04. The normalized spacial score (nSPS) is 12.3. The van der Waals surface area contributed by atoms with Crippen molar-refractivity contribution in [2.24, 2.45) is 9.98 Å². The van der Waals surface area contributed by atoms with Gasteiger partial charge in [0.05, 0.1) is 11.4 Å². The van der Waals surface area contributed by atoms with Gasteiger partial charge >= 0.3 is 0 Å². The third kappa shape index (κ3) is 7.00. The predicted octanol–water partition coefficient (Wildman–Crippen LogP) is 9.68. The number of nitrogens with zero attached hydrogens (tertiary/aromatic N) is 2. The fourth-order valence-electron chi connectivity index (χ4n) is 2.88. The molecule has 0 spiro atoms. The lowest BCUT2D eigenvalue weighted by Gasteiger charge is -2.16. The zero-order chi connectivity index (χ0) is 24.7. The molecule has 0 aliphatic carbocycles. The van der Waals surface area contributed by atoms with Crippen LogP contribution in [0, 0.1) is 0 Å². The molecule has 0 saturated carbocycles. The second kappa shape index (κ2) is 11.6. The number of halogens is 4. The van der Waals surface area contributed by atoms with Crippen molar-refractivity contribution < 1.29 is 9.47 Å². The smallest absolute Gasteiger partial charge is 0.222 e. The van der Waals surface area contributed by atoms with Crippen LogP contribution in [0.15, 0.2) is 119 Å². The van der Waals surface area contributed by atoms with Crippen LogP contribution < -0.4 is 9.47 Å². The largest absolute Gasteiger partial charge is 0.457 e. The Hall–Kier alpha value is -3.02. The lowest BCUT2D eigenvalue weighted by molar-refractivity contribution is 0.482. The van der Waals surface area contributed by atoms with Crippen molar-refractivity contribution in [3.63, 3.8) is 0 Å². The minimum absolute atomic E-state index is 0.143. The van der Waals surface area contributed by atoms with E-state index in [0.717, 1.165) is 11.5 Å². The van der Waals surface area contributed by atoms with E-state index in [9.17, 15) is 0 Å². The maximum atomic E-state index is 6.40. The summed E-state index contributed by atoms with van der Waals surface area (Å²) < 4.78 is 9.71. The lowest BCUT2D eigenvalue weighted by atomic mass is 10.3. The van der Waals surface area contributed by atoms with E-state index in [-0.39, 0.29) is 10.3 Å². The van der Waals surface area contributed by atoms with Gasteiger partial charge in [0.1, 0.15) is 33.3 Å². The number of ether oxygens (including phenoxy) is 2. The van der Waals surface area contributed by atoms with Gasteiger partial charge in [0.15, 0.2) is 0 Å². The Morgan fingerprint density at radius 3 is 1.14 bits per heavy atom. The zero-order valence-electron chi connectivity index (χ0n) is 18.1. The second-order valence-corrected chi connectivity index (χ2v) is 9.24.